The molecule has 5 aliphatic rings. The van der Waals surface area contributed by atoms with Crippen molar-refractivity contribution in [3.8, 4) is 0 Å². The predicted molar refractivity (Wildman–Crippen MR) is 330 cm³/mol. The Morgan fingerprint density at radius 1 is 0.523 bits per heavy atom. The van der Waals surface area contributed by atoms with Gasteiger partial charge in [-0.2, -0.15) is 0 Å². The summed E-state index contributed by atoms with van der Waals surface area (Å²) in [4.78, 5) is 90.5. The Balaban J connectivity index is 0.000000256. The lowest BCUT2D eigenvalue weighted by Gasteiger charge is -2.38. The van der Waals surface area contributed by atoms with E-state index in [2.05, 4.69) is 41.6 Å². The minimum atomic E-state index is -2.66. The van der Waals surface area contributed by atoms with Crippen molar-refractivity contribution in [3.63, 3.8) is 0 Å². The lowest BCUT2D eigenvalue weighted by atomic mass is 9.84. The van der Waals surface area contributed by atoms with Gasteiger partial charge < -0.3 is 38.4 Å². The molecule has 4 saturated heterocycles. The number of carboxylic acids is 1. The second-order valence-corrected chi connectivity index (χ2v) is 29.1. The molecule has 3 amide bonds. The van der Waals surface area contributed by atoms with Crippen molar-refractivity contribution in [1.82, 2.24) is 35.5 Å². The molecule has 23 heteroatoms. The SMILES string of the molecule is CC(C)(C)OC(=O)N1CCCC[C@H]1C(=O)Cc1cc(C(C)(C)C)on1.CC(C)(C)OC(=O)N1CCCC[C@H]1C(=O)O.CC(C)(C)c1cc(CC(=O)[C@@H]2CCCCN2)no1.CC(C)(C)c1cc(CC(=O)[C@@H]2CCCCN2C(=O)C2CCC(F)(F)CC2)no1.Cl. The summed E-state index contributed by atoms with van der Waals surface area (Å²) in [5.41, 5.74) is 0.378. The lowest BCUT2D eigenvalue weighted by molar-refractivity contribution is -0.147. The van der Waals surface area contributed by atoms with Crippen LogP contribution in [0.15, 0.2) is 31.8 Å². The number of carbonyl (C=O) groups excluding carboxylic acids is 6. The third kappa shape index (κ3) is 23.6. The van der Waals surface area contributed by atoms with Crippen LogP contribution in [0, 0.1) is 5.92 Å². The Labute approximate surface area is 525 Å². The van der Waals surface area contributed by atoms with Gasteiger partial charge in [0.05, 0.1) is 54.5 Å². The second kappa shape index (κ2) is 31.8. The molecule has 496 valence electrons. The lowest BCUT2D eigenvalue weighted by Crippen LogP contribution is -2.51. The van der Waals surface area contributed by atoms with Crippen molar-refractivity contribution in [1.29, 1.82) is 0 Å². The number of amides is 3. The Kier molecular flexibility index (Phi) is 27.0. The van der Waals surface area contributed by atoms with Gasteiger partial charge in [0.25, 0.3) is 0 Å². The smallest absolute Gasteiger partial charge is 0.411 e. The molecule has 7 heterocycles. The highest BCUT2D eigenvalue weighted by Gasteiger charge is 2.42. The van der Waals surface area contributed by atoms with Gasteiger partial charge in [0.2, 0.25) is 11.8 Å². The van der Waals surface area contributed by atoms with Crippen molar-refractivity contribution in [2.75, 3.05) is 26.2 Å². The summed E-state index contributed by atoms with van der Waals surface area (Å²) in [5.74, 6) is -1.68. The van der Waals surface area contributed by atoms with E-state index in [0.717, 1.165) is 80.9 Å². The molecule has 5 fully saturated rings. The fraction of sp³-hybridized carbons (Fsp3) is 0.754. The molecular weight excluding hydrogens is 1160 g/mol. The maximum Gasteiger partial charge on any atom is 0.411 e. The fourth-order valence-corrected chi connectivity index (χ4v) is 10.9. The number of nitrogens with one attached hydrogen (secondary N) is 1. The highest BCUT2D eigenvalue weighted by Crippen LogP contribution is 2.38. The van der Waals surface area contributed by atoms with Gasteiger partial charge >= 0.3 is 18.2 Å². The number of hydrogen-bond donors (Lipinski definition) is 2. The first-order valence-electron chi connectivity index (χ1n) is 31.4. The average molecular weight is 1260 g/mol. The average Bonchev–Trinajstić information content (AvgIpc) is 4.38. The van der Waals surface area contributed by atoms with Crippen molar-refractivity contribution in [2.45, 2.75) is 283 Å². The zero-order valence-corrected chi connectivity index (χ0v) is 55.9. The summed E-state index contributed by atoms with van der Waals surface area (Å²) >= 11 is 0. The minimum Gasteiger partial charge on any atom is -0.480 e. The Bertz CT molecular complexity index is 2760. The van der Waals surface area contributed by atoms with Crippen LogP contribution >= 0.6 is 12.4 Å². The number of alkyl halides is 2. The van der Waals surface area contributed by atoms with E-state index in [9.17, 15) is 42.3 Å². The summed E-state index contributed by atoms with van der Waals surface area (Å²) < 4.78 is 53.5. The van der Waals surface area contributed by atoms with Gasteiger partial charge in [-0.1, -0.05) is 84.2 Å². The number of hydrogen-bond acceptors (Lipinski definition) is 16. The van der Waals surface area contributed by atoms with Crippen LogP contribution in [-0.4, -0.2) is 144 Å². The molecule has 8 rings (SSSR count). The van der Waals surface area contributed by atoms with Gasteiger partial charge in [-0.05, 0) is 132 Å². The number of rotatable bonds is 11. The summed E-state index contributed by atoms with van der Waals surface area (Å²) in [7, 11) is 0. The first kappa shape index (κ1) is 74.7. The number of halogens is 3. The van der Waals surface area contributed by atoms with Crippen LogP contribution in [-0.2, 0) is 69.0 Å². The molecule has 3 aromatic rings. The predicted octanol–water partition coefficient (Wildman–Crippen LogP) is 12.7. The number of nitrogens with zero attached hydrogens (tertiary/aromatic N) is 6. The Morgan fingerprint density at radius 2 is 0.875 bits per heavy atom. The van der Waals surface area contributed by atoms with Crippen LogP contribution in [0.25, 0.3) is 0 Å². The van der Waals surface area contributed by atoms with E-state index in [4.69, 9.17) is 28.1 Å². The molecule has 4 atom stereocenters. The Hall–Kier alpha value is -5.77. The number of carboxylic acid groups (broad SMARTS) is 1. The highest BCUT2D eigenvalue weighted by molar-refractivity contribution is 5.91. The van der Waals surface area contributed by atoms with Gasteiger partial charge in [-0.15, -0.1) is 12.4 Å². The molecule has 1 aliphatic carbocycles. The zero-order valence-electron chi connectivity index (χ0n) is 55.1. The largest absolute Gasteiger partial charge is 0.480 e. The normalized spacial score (nSPS) is 21.1. The third-order valence-electron chi connectivity index (χ3n) is 15.8. The highest BCUT2D eigenvalue weighted by atomic mass is 35.5. The van der Waals surface area contributed by atoms with Crippen molar-refractivity contribution in [3.05, 3.63) is 52.6 Å². The van der Waals surface area contributed by atoms with Crippen LogP contribution < -0.4 is 5.32 Å². The Morgan fingerprint density at radius 3 is 1.23 bits per heavy atom. The summed E-state index contributed by atoms with van der Waals surface area (Å²) in [6, 6.07) is 3.88. The fourth-order valence-electron chi connectivity index (χ4n) is 10.9. The number of ether oxygens (including phenoxy) is 2. The van der Waals surface area contributed by atoms with Crippen LogP contribution in [0.1, 0.15) is 241 Å². The van der Waals surface area contributed by atoms with E-state index in [1.165, 1.54) is 11.3 Å². The van der Waals surface area contributed by atoms with E-state index in [-0.39, 0.29) is 96.5 Å². The van der Waals surface area contributed by atoms with Crippen molar-refractivity contribution >= 4 is 53.8 Å². The van der Waals surface area contributed by atoms with Gasteiger partial charge in [-0.25, -0.2) is 23.2 Å². The van der Waals surface area contributed by atoms with Crippen molar-refractivity contribution < 1.29 is 70.5 Å². The maximum atomic E-state index is 13.4. The summed E-state index contributed by atoms with van der Waals surface area (Å²) in [5, 5.41) is 24.3. The number of Topliss-reactive ketones (excluding diaryl/α,β-unsaturated/α-hetero) is 3. The number of aliphatic carboxylic acids is 1. The van der Waals surface area contributed by atoms with E-state index < -0.39 is 59.3 Å². The van der Waals surface area contributed by atoms with Crippen LogP contribution in [0.2, 0.25) is 0 Å². The van der Waals surface area contributed by atoms with E-state index in [1.807, 2.05) is 74.4 Å². The minimum absolute atomic E-state index is 0. The van der Waals surface area contributed by atoms with Gasteiger partial charge in [0, 0.05) is 72.8 Å². The number of carbonyl (C=O) groups is 7. The maximum absolute atomic E-state index is 13.4. The molecule has 2 N–H and O–H groups in total. The van der Waals surface area contributed by atoms with E-state index in [1.54, 1.807) is 36.6 Å². The molecule has 0 bridgehead atoms. The zero-order chi connectivity index (χ0) is 64.9. The van der Waals surface area contributed by atoms with Crippen LogP contribution in [0.5, 0.6) is 0 Å². The third-order valence-corrected chi connectivity index (χ3v) is 15.8. The van der Waals surface area contributed by atoms with Gasteiger partial charge in [0.15, 0.2) is 17.3 Å². The van der Waals surface area contributed by atoms with Crippen molar-refractivity contribution in [2.24, 2.45) is 5.92 Å². The molecule has 0 spiro atoms. The number of aromatic nitrogens is 3. The molecule has 88 heavy (non-hydrogen) atoms. The first-order chi connectivity index (χ1) is 40.3. The number of likely N-dealkylation sites (tertiary alicyclic amines) is 3. The molecule has 4 aliphatic heterocycles. The molecule has 0 radical (unpaired) electrons. The summed E-state index contributed by atoms with van der Waals surface area (Å²) in [6.07, 6.45) is 9.90. The molecular formula is C65H102ClF2N7O13. The number of piperidine rings is 4. The number of ketones is 3. The van der Waals surface area contributed by atoms with E-state index >= 15 is 0 Å². The molecule has 1 saturated carbocycles. The first-order valence-corrected chi connectivity index (χ1v) is 31.4. The molecule has 0 unspecified atom stereocenters. The summed E-state index contributed by atoms with van der Waals surface area (Å²) in [6.45, 7) is 31.6. The monoisotopic (exact) mass is 1260 g/mol. The molecule has 3 aromatic heterocycles. The van der Waals surface area contributed by atoms with Gasteiger partial charge in [0.1, 0.15) is 34.5 Å². The topological polar surface area (TPSA) is 258 Å². The second-order valence-electron chi connectivity index (χ2n) is 29.1. The van der Waals surface area contributed by atoms with E-state index in [0.29, 0.717) is 56.7 Å². The standard InChI is InChI=1S/C21H30F2N2O3.C19H30N2O4.C14H22N2O2.C11H19NO4.ClH/c1-20(2,3)18-13-15(24-28-18)12-17(26)16-6-4-5-11-25(16)19(27)14-7-9-21(22,23)10-8-14;1-18(2,3)16-12-13(20-25-16)11-15(22)14-9-7-8-10-21(14)17(23)24-19(4,5)6;1-14(2,3)13-9-10(16-18-13)8-12(17)11-6-4-5-7-15-11;1-11(2,3)16-10(15)12-7-5-4-6-8(12)9(13)14;/h13-14,16H,4-12H2,1-3H3;12,14H,7-11H2,1-6H3;9,11,15H,4-8H2,1-3H3;8H,4-7H2,1-3H3,(H,13,14);1H/t16-;14-;11-;8-;/m0000./s1. The van der Waals surface area contributed by atoms with Crippen LogP contribution in [0.4, 0.5) is 18.4 Å². The quantitative estimate of drug-likeness (QED) is 0.181. The van der Waals surface area contributed by atoms with Gasteiger partial charge in [-0.3, -0.25) is 29.0 Å². The molecule has 0 aromatic carbocycles. The van der Waals surface area contributed by atoms with Crippen LogP contribution in [0.3, 0.4) is 0 Å². The molecule has 20 nitrogen and oxygen atoms in total.